The minimum Gasteiger partial charge on any atom is -0.320 e. The first kappa shape index (κ1) is 20.5. The number of sulfonamides is 1. The Hall–Kier alpha value is -2.76. The van der Waals surface area contributed by atoms with Gasteiger partial charge >= 0.3 is 0 Å². The summed E-state index contributed by atoms with van der Waals surface area (Å²) in [6, 6.07) is 9.83. The smallest absolute Gasteiger partial charge is 0.286 e. The van der Waals surface area contributed by atoms with Crippen molar-refractivity contribution in [2.24, 2.45) is 0 Å². The first-order valence-electron chi connectivity index (χ1n) is 9.03. The number of carbonyl (C=O) groups is 1. The number of anilines is 1. The number of halogens is 2. The Balaban J connectivity index is 1.55. The molecule has 11 heteroatoms. The lowest BCUT2D eigenvalue weighted by molar-refractivity contribution is 0.102. The summed E-state index contributed by atoms with van der Waals surface area (Å²) >= 11 is 0.972. The molecule has 156 valence electrons. The Morgan fingerprint density at radius 2 is 1.83 bits per heavy atom. The molecule has 0 bridgehead atoms. The molecule has 1 aliphatic heterocycles. The summed E-state index contributed by atoms with van der Waals surface area (Å²) < 4.78 is 54.3. The first-order valence-corrected chi connectivity index (χ1v) is 11.3. The number of rotatable bonds is 5. The predicted molar refractivity (Wildman–Crippen MR) is 107 cm³/mol. The lowest BCUT2D eigenvalue weighted by atomic mass is 10.2. The van der Waals surface area contributed by atoms with Gasteiger partial charge in [0.1, 0.15) is 21.5 Å². The van der Waals surface area contributed by atoms with Crippen molar-refractivity contribution in [2.75, 3.05) is 11.9 Å². The Labute approximate surface area is 175 Å². The molecule has 0 spiro atoms. The van der Waals surface area contributed by atoms with Crippen molar-refractivity contribution < 1.29 is 22.0 Å². The topological polar surface area (TPSA) is 92.3 Å². The van der Waals surface area contributed by atoms with Crippen LogP contribution in [0.25, 0.3) is 0 Å². The highest BCUT2D eigenvalue weighted by Crippen LogP contribution is 2.38. The third-order valence-electron chi connectivity index (χ3n) is 4.65. The van der Waals surface area contributed by atoms with E-state index in [1.54, 1.807) is 0 Å². The summed E-state index contributed by atoms with van der Waals surface area (Å²) in [5.41, 5.74) is 0.391. The summed E-state index contributed by atoms with van der Waals surface area (Å²) in [6.07, 6.45) is 1.07. The zero-order valence-electron chi connectivity index (χ0n) is 15.5. The molecule has 0 unspecified atom stereocenters. The Kier molecular flexibility index (Phi) is 5.58. The van der Waals surface area contributed by atoms with Crippen LogP contribution >= 0.6 is 11.3 Å². The van der Waals surface area contributed by atoms with E-state index in [-0.39, 0.29) is 11.6 Å². The fraction of sp³-hybridized carbons (Fsp3) is 0.211. The van der Waals surface area contributed by atoms with Gasteiger partial charge in [0.2, 0.25) is 15.0 Å². The summed E-state index contributed by atoms with van der Waals surface area (Å²) in [6.45, 7) is 0.220. The zero-order valence-corrected chi connectivity index (χ0v) is 17.1. The van der Waals surface area contributed by atoms with Crippen molar-refractivity contribution in [3.8, 4) is 0 Å². The molecule has 1 aliphatic rings. The van der Waals surface area contributed by atoms with Crippen LogP contribution in [-0.2, 0) is 10.0 Å². The summed E-state index contributed by atoms with van der Waals surface area (Å²) in [4.78, 5) is 12.0. The largest absolute Gasteiger partial charge is 0.320 e. The van der Waals surface area contributed by atoms with Gasteiger partial charge in [-0.15, -0.1) is 10.2 Å². The number of hydrogen-bond acceptors (Lipinski definition) is 6. The first-order chi connectivity index (χ1) is 14.4. The highest BCUT2D eigenvalue weighted by Gasteiger charge is 2.39. The van der Waals surface area contributed by atoms with E-state index in [1.807, 2.05) is 0 Å². The molecule has 1 atom stereocenters. The predicted octanol–water partition coefficient (Wildman–Crippen LogP) is 3.59. The lowest BCUT2D eigenvalue weighted by Gasteiger charge is -2.22. The third-order valence-corrected chi connectivity index (χ3v) is 7.61. The number of amides is 1. The quantitative estimate of drug-likeness (QED) is 0.641. The van der Waals surface area contributed by atoms with E-state index < -0.39 is 38.5 Å². The molecule has 2 heterocycles. The van der Waals surface area contributed by atoms with Crippen molar-refractivity contribution >= 4 is 33.0 Å². The van der Waals surface area contributed by atoms with Crippen LogP contribution < -0.4 is 5.32 Å². The van der Waals surface area contributed by atoms with Gasteiger partial charge in [0.25, 0.3) is 5.91 Å². The van der Waals surface area contributed by atoms with Crippen LogP contribution in [0.1, 0.15) is 33.7 Å². The number of nitrogens with zero attached hydrogens (tertiary/aromatic N) is 3. The van der Waals surface area contributed by atoms with Crippen LogP contribution in [0.4, 0.5) is 14.5 Å². The summed E-state index contributed by atoms with van der Waals surface area (Å²) in [7, 11) is -4.07. The second-order valence-corrected chi connectivity index (χ2v) is 9.48. The fourth-order valence-corrected chi connectivity index (χ4v) is 5.91. The van der Waals surface area contributed by atoms with Gasteiger partial charge in [-0.05, 0) is 49.2 Å². The molecule has 0 saturated carbocycles. The van der Waals surface area contributed by atoms with Gasteiger partial charge in [-0.25, -0.2) is 17.2 Å². The molecule has 2 aromatic carbocycles. The molecule has 4 rings (SSSR count). The van der Waals surface area contributed by atoms with Crippen LogP contribution in [0.15, 0.2) is 53.4 Å². The highest BCUT2D eigenvalue weighted by molar-refractivity contribution is 7.89. The second-order valence-electron chi connectivity index (χ2n) is 6.61. The third kappa shape index (κ3) is 3.95. The number of nitrogens with one attached hydrogen (secondary N) is 1. The van der Waals surface area contributed by atoms with Gasteiger partial charge in [0.05, 0.1) is 6.04 Å². The molecule has 1 aromatic heterocycles. The number of benzene rings is 2. The summed E-state index contributed by atoms with van der Waals surface area (Å²) in [5.74, 6) is -1.78. The minimum atomic E-state index is -4.07. The van der Waals surface area contributed by atoms with Crippen molar-refractivity contribution in [3.05, 3.63) is 70.2 Å². The van der Waals surface area contributed by atoms with E-state index in [4.69, 9.17) is 0 Å². The molecule has 3 aromatic rings. The van der Waals surface area contributed by atoms with Crippen LogP contribution in [0, 0.1) is 11.6 Å². The van der Waals surface area contributed by atoms with Crippen LogP contribution in [0.2, 0.25) is 0 Å². The normalized spacial score (nSPS) is 17.2. The number of hydrogen-bond donors (Lipinski definition) is 1. The fourth-order valence-electron chi connectivity index (χ4n) is 3.23. The monoisotopic (exact) mass is 450 g/mol. The average molecular weight is 450 g/mol. The van der Waals surface area contributed by atoms with Gasteiger partial charge in [-0.3, -0.25) is 4.79 Å². The Morgan fingerprint density at radius 3 is 2.57 bits per heavy atom. The maximum absolute atomic E-state index is 14.1. The van der Waals surface area contributed by atoms with Gasteiger partial charge in [0, 0.05) is 12.2 Å². The van der Waals surface area contributed by atoms with E-state index in [0.717, 1.165) is 17.4 Å². The van der Waals surface area contributed by atoms with E-state index >= 15 is 0 Å². The maximum atomic E-state index is 14.1. The molecule has 0 radical (unpaired) electrons. The van der Waals surface area contributed by atoms with Crippen molar-refractivity contribution in [1.29, 1.82) is 0 Å². The van der Waals surface area contributed by atoms with E-state index in [1.165, 1.54) is 46.8 Å². The standard InChI is InChI=1S/C19H16F2N4O3S2/c20-12-7-9-13(10-8-12)22-17(26)19-24-23-18(29-19)15-5-3-11-25(15)30(27,28)16-6-2-1-4-14(16)21/h1-2,4,6-10,15H,3,5,11H2,(H,22,26)/t15-/m0/s1. The van der Waals surface area contributed by atoms with Gasteiger partial charge in [-0.2, -0.15) is 4.31 Å². The molecule has 1 saturated heterocycles. The van der Waals surface area contributed by atoms with Crippen molar-refractivity contribution in [1.82, 2.24) is 14.5 Å². The van der Waals surface area contributed by atoms with Crippen LogP contribution in [-0.4, -0.2) is 35.4 Å². The van der Waals surface area contributed by atoms with E-state index in [2.05, 4.69) is 15.5 Å². The summed E-state index contributed by atoms with van der Waals surface area (Å²) in [5, 5.41) is 10.9. The average Bonchev–Trinajstić information content (AvgIpc) is 3.39. The minimum absolute atomic E-state index is 0.0458. The van der Waals surface area contributed by atoms with Gasteiger partial charge in [-0.1, -0.05) is 23.5 Å². The Bertz CT molecular complexity index is 1180. The highest BCUT2D eigenvalue weighted by atomic mass is 32.2. The SMILES string of the molecule is O=C(Nc1ccc(F)cc1)c1nnc([C@@H]2CCCN2S(=O)(=O)c2ccccc2F)s1. The molecule has 7 nitrogen and oxygen atoms in total. The van der Waals surface area contributed by atoms with Crippen molar-refractivity contribution in [2.45, 2.75) is 23.8 Å². The van der Waals surface area contributed by atoms with Crippen molar-refractivity contribution in [3.63, 3.8) is 0 Å². The van der Waals surface area contributed by atoms with Crippen LogP contribution in [0.3, 0.4) is 0 Å². The number of carbonyl (C=O) groups excluding carboxylic acids is 1. The van der Waals surface area contributed by atoms with Crippen LogP contribution in [0.5, 0.6) is 0 Å². The molecule has 1 fully saturated rings. The van der Waals surface area contributed by atoms with Gasteiger partial charge < -0.3 is 5.32 Å². The second kappa shape index (κ2) is 8.17. The maximum Gasteiger partial charge on any atom is 0.286 e. The molecule has 30 heavy (non-hydrogen) atoms. The number of aromatic nitrogens is 2. The molecular formula is C19H16F2N4O3S2. The molecule has 0 aliphatic carbocycles. The Morgan fingerprint density at radius 1 is 1.10 bits per heavy atom. The van der Waals surface area contributed by atoms with E-state index in [9.17, 15) is 22.0 Å². The van der Waals surface area contributed by atoms with Gasteiger partial charge in [0.15, 0.2) is 0 Å². The molecule has 1 amide bonds. The lowest BCUT2D eigenvalue weighted by Crippen LogP contribution is -2.31. The van der Waals surface area contributed by atoms with E-state index in [0.29, 0.717) is 23.5 Å². The molecular weight excluding hydrogens is 434 g/mol. The molecule has 1 N–H and O–H groups in total. The zero-order chi connectivity index (χ0) is 21.3.